The van der Waals surface area contributed by atoms with E-state index in [1.54, 1.807) is 4.90 Å². The summed E-state index contributed by atoms with van der Waals surface area (Å²) in [5.41, 5.74) is 4.71. The third-order valence-corrected chi connectivity index (χ3v) is 2.55. The van der Waals surface area contributed by atoms with Gasteiger partial charge in [-0.25, -0.2) is 4.79 Å². The van der Waals surface area contributed by atoms with Crippen molar-refractivity contribution in [2.45, 2.75) is 39.2 Å². The van der Waals surface area contributed by atoms with E-state index in [-0.39, 0.29) is 11.9 Å². The van der Waals surface area contributed by atoms with E-state index in [4.69, 9.17) is 10.5 Å². The van der Waals surface area contributed by atoms with Crippen LogP contribution in [0.15, 0.2) is 0 Å². The van der Waals surface area contributed by atoms with Gasteiger partial charge in [0.2, 0.25) is 0 Å². The molecule has 1 aliphatic heterocycles. The van der Waals surface area contributed by atoms with Crippen molar-refractivity contribution in [3.8, 4) is 0 Å². The molecule has 5 heteroatoms. The minimum absolute atomic E-state index is 0.102. The van der Waals surface area contributed by atoms with Gasteiger partial charge in [-0.1, -0.05) is 0 Å². The molecule has 1 rings (SSSR count). The molecule has 0 aromatic carbocycles. The third-order valence-electron chi connectivity index (χ3n) is 2.55. The monoisotopic (exact) mass is 228 g/mol. The second-order valence-corrected chi connectivity index (χ2v) is 5.13. The summed E-state index contributed by atoms with van der Waals surface area (Å²) in [6, 6.07) is -0.414. The van der Waals surface area contributed by atoms with Crippen LogP contribution in [0.1, 0.15) is 33.6 Å². The van der Waals surface area contributed by atoms with Gasteiger partial charge in [-0.3, -0.25) is 4.79 Å². The number of esters is 1. The number of urea groups is 1. The van der Waals surface area contributed by atoms with Gasteiger partial charge in [0.15, 0.2) is 0 Å². The van der Waals surface area contributed by atoms with Gasteiger partial charge in [0, 0.05) is 13.1 Å². The maximum absolute atomic E-state index is 11.7. The van der Waals surface area contributed by atoms with E-state index in [1.807, 2.05) is 20.8 Å². The van der Waals surface area contributed by atoms with Gasteiger partial charge in [-0.05, 0) is 33.6 Å². The van der Waals surface area contributed by atoms with Crippen LogP contribution in [0.2, 0.25) is 0 Å². The van der Waals surface area contributed by atoms with Gasteiger partial charge in [0.05, 0.1) is 5.92 Å². The fraction of sp³-hybridized carbons (Fsp3) is 0.818. The molecule has 0 aromatic rings. The number of ether oxygens (including phenoxy) is 1. The van der Waals surface area contributed by atoms with E-state index in [0.29, 0.717) is 25.9 Å². The zero-order chi connectivity index (χ0) is 12.3. The number of hydrogen-bond acceptors (Lipinski definition) is 3. The molecule has 0 saturated carbocycles. The summed E-state index contributed by atoms with van der Waals surface area (Å²) in [7, 11) is 0. The Bertz CT molecular complexity index is 275. The molecule has 1 saturated heterocycles. The van der Waals surface area contributed by atoms with Gasteiger partial charge in [0.1, 0.15) is 5.60 Å². The summed E-state index contributed by atoms with van der Waals surface area (Å²) in [6.07, 6.45) is 1.27. The lowest BCUT2D eigenvalue weighted by Gasteiger charge is -2.31. The van der Waals surface area contributed by atoms with Crippen LogP contribution in [0.4, 0.5) is 4.79 Å². The van der Waals surface area contributed by atoms with E-state index in [0.717, 1.165) is 0 Å². The molecule has 1 fully saturated rings. The van der Waals surface area contributed by atoms with E-state index in [1.165, 1.54) is 0 Å². The average Bonchev–Trinajstić information content (AvgIpc) is 2.15. The fourth-order valence-corrected chi connectivity index (χ4v) is 1.72. The average molecular weight is 228 g/mol. The van der Waals surface area contributed by atoms with Crippen molar-refractivity contribution >= 4 is 12.0 Å². The molecule has 1 aliphatic rings. The third kappa shape index (κ3) is 3.72. The first-order valence-electron chi connectivity index (χ1n) is 5.57. The Balaban J connectivity index is 2.42. The van der Waals surface area contributed by atoms with Crippen LogP contribution >= 0.6 is 0 Å². The summed E-state index contributed by atoms with van der Waals surface area (Å²) in [5.74, 6) is -0.272. The van der Waals surface area contributed by atoms with Gasteiger partial charge in [-0.15, -0.1) is 0 Å². The molecule has 0 radical (unpaired) electrons. The molecule has 0 aromatic heterocycles. The molecule has 0 spiro atoms. The van der Waals surface area contributed by atoms with Gasteiger partial charge < -0.3 is 15.4 Å². The summed E-state index contributed by atoms with van der Waals surface area (Å²) in [6.45, 7) is 6.63. The molecule has 2 N–H and O–H groups in total. The van der Waals surface area contributed by atoms with E-state index < -0.39 is 11.6 Å². The molecule has 0 atom stereocenters. The Labute approximate surface area is 95.9 Å². The Morgan fingerprint density at radius 3 is 2.12 bits per heavy atom. The molecule has 1 heterocycles. The second kappa shape index (κ2) is 4.72. The second-order valence-electron chi connectivity index (χ2n) is 5.13. The number of rotatable bonds is 1. The van der Waals surface area contributed by atoms with Crippen molar-refractivity contribution < 1.29 is 14.3 Å². The van der Waals surface area contributed by atoms with Crippen LogP contribution in [0.5, 0.6) is 0 Å². The lowest BCUT2D eigenvalue weighted by Crippen LogP contribution is -2.44. The fourth-order valence-electron chi connectivity index (χ4n) is 1.72. The highest BCUT2D eigenvalue weighted by Gasteiger charge is 2.29. The standard InChI is InChI=1S/C11H20N2O3/c1-11(2,3)16-9(14)8-4-6-13(7-5-8)10(12)15/h8H,4-7H2,1-3H3,(H2,12,15). The van der Waals surface area contributed by atoms with Gasteiger partial charge >= 0.3 is 12.0 Å². The Morgan fingerprint density at radius 2 is 1.75 bits per heavy atom. The van der Waals surface area contributed by atoms with Crippen molar-refractivity contribution in [1.29, 1.82) is 0 Å². The summed E-state index contributed by atoms with van der Waals surface area (Å²) in [4.78, 5) is 24.2. The van der Waals surface area contributed by atoms with Crippen LogP contribution in [0, 0.1) is 5.92 Å². The van der Waals surface area contributed by atoms with Crippen molar-refractivity contribution in [2.24, 2.45) is 11.7 Å². The maximum Gasteiger partial charge on any atom is 0.314 e. The highest BCUT2D eigenvalue weighted by Crippen LogP contribution is 2.21. The topological polar surface area (TPSA) is 72.6 Å². The number of amides is 2. The zero-order valence-corrected chi connectivity index (χ0v) is 10.2. The predicted molar refractivity (Wildman–Crippen MR) is 59.7 cm³/mol. The van der Waals surface area contributed by atoms with E-state index in [2.05, 4.69) is 0 Å². The Morgan fingerprint density at radius 1 is 1.25 bits per heavy atom. The predicted octanol–water partition coefficient (Wildman–Crippen LogP) is 1.12. The summed E-state index contributed by atoms with van der Waals surface area (Å²) in [5, 5.41) is 0. The number of carbonyl (C=O) groups excluding carboxylic acids is 2. The van der Waals surface area contributed by atoms with Gasteiger partial charge in [0.25, 0.3) is 0 Å². The maximum atomic E-state index is 11.7. The van der Waals surface area contributed by atoms with Crippen molar-refractivity contribution in [1.82, 2.24) is 4.90 Å². The first-order chi connectivity index (χ1) is 7.29. The lowest BCUT2D eigenvalue weighted by atomic mass is 9.97. The minimum Gasteiger partial charge on any atom is -0.460 e. The first kappa shape index (κ1) is 12.8. The largest absolute Gasteiger partial charge is 0.460 e. The smallest absolute Gasteiger partial charge is 0.314 e. The molecular weight excluding hydrogens is 208 g/mol. The highest BCUT2D eigenvalue weighted by atomic mass is 16.6. The first-order valence-corrected chi connectivity index (χ1v) is 5.57. The van der Waals surface area contributed by atoms with Crippen LogP contribution < -0.4 is 5.73 Å². The molecule has 16 heavy (non-hydrogen) atoms. The molecule has 2 amide bonds. The number of piperidine rings is 1. The minimum atomic E-state index is -0.447. The van der Waals surface area contributed by atoms with Crippen LogP contribution in [-0.4, -0.2) is 35.6 Å². The number of nitrogens with zero attached hydrogens (tertiary/aromatic N) is 1. The number of likely N-dealkylation sites (tertiary alicyclic amines) is 1. The normalized spacial score (nSPS) is 18.3. The van der Waals surface area contributed by atoms with Crippen molar-refractivity contribution in [3.05, 3.63) is 0 Å². The Hall–Kier alpha value is -1.26. The van der Waals surface area contributed by atoms with E-state index >= 15 is 0 Å². The SMILES string of the molecule is CC(C)(C)OC(=O)C1CCN(C(N)=O)CC1. The highest BCUT2D eigenvalue weighted by molar-refractivity contribution is 5.75. The summed E-state index contributed by atoms with van der Waals surface area (Å²) < 4.78 is 5.30. The van der Waals surface area contributed by atoms with Gasteiger partial charge in [-0.2, -0.15) is 0 Å². The molecule has 5 nitrogen and oxygen atoms in total. The van der Waals surface area contributed by atoms with Crippen molar-refractivity contribution in [2.75, 3.05) is 13.1 Å². The molecule has 0 bridgehead atoms. The van der Waals surface area contributed by atoms with Crippen LogP contribution in [0.25, 0.3) is 0 Å². The molecular formula is C11H20N2O3. The quantitative estimate of drug-likeness (QED) is 0.683. The number of primary amides is 1. The number of carbonyl (C=O) groups is 2. The summed E-state index contributed by atoms with van der Waals surface area (Å²) >= 11 is 0. The molecule has 92 valence electrons. The number of nitrogens with two attached hydrogens (primary N) is 1. The zero-order valence-electron chi connectivity index (χ0n) is 10.2. The number of hydrogen-bond donors (Lipinski definition) is 1. The van der Waals surface area contributed by atoms with E-state index in [9.17, 15) is 9.59 Å². The Kier molecular flexibility index (Phi) is 3.78. The lowest BCUT2D eigenvalue weighted by molar-refractivity contribution is -0.161. The van der Waals surface area contributed by atoms with Crippen LogP contribution in [0.3, 0.4) is 0 Å². The van der Waals surface area contributed by atoms with Crippen molar-refractivity contribution in [3.63, 3.8) is 0 Å². The molecule has 0 unspecified atom stereocenters. The molecule has 0 aliphatic carbocycles. The van der Waals surface area contributed by atoms with Crippen LogP contribution in [-0.2, 0) is 9.53 Å².